The molecule has 1 aromatic heterocycles. The SMILES string of the molecule is O=C(O)Cc1c(C(=O)c2ccccc2-c2ccccc2)[nH]c2ccc(Br)cc12. The highest BCUT2D eigenvalue weighted by molar-refractivity contribution is 9.10. The third-order valence-corrected chi connectivity index (χ3v) is 5.17. The minimum Gasteiger partial charge on any atom is -0.481 e. The Balaban J connectivity index is 1.90. The number of rotatable bonds is 5. The number of carbonyl (C=O) groups excluding carboxylic acids is 1. The van der Waals surface area contributed by atoms with Crippen LogP contribution in [0, 0.1) is 0 Å². The van der Waals surface area contributed by atoms with E-state index in [1.165, 1.54) is 0 Å². The van der Waals surface area contributed by atoms with Gasteiger partial charge in [-0.15, -0.1) is 0 Å². The third-order valence-electron chi connectivity index (χ3n) is 4.68. The van der Waals surface area contributed by atoms with E-state index >= 15 is 0 Å². The lowest BCUT2D eigenvalue weighted by atomic mass is 9.94. The topological polar surface area (TPSA) is 70.2 Å². The van der Waals surface area contributed by atoms with E-state index in [1.807, 2.05) is 66.7 Å². The molecular formula is C23H16BrNO3. The molecule has 5 heteroatoms. The van der Waals surface area contributed by atoms with Gasteiger partial charge in [0.25, 0.3) is 0 Å². The van der Waals surface area contributed by atoms with Crippen LogP contribution in [0.25, 0.3) is 22.0 Å². The van der Waals surface area contributed by atoms with Crippen LogP contribution in [0.4, 0.5) is 0 Å². The molecule has 0 spiro atoms. The number of aromatic amines is 1. The summed E-state index contributed by atoms with van der Waals surface area (Å²) in [6, 6.07) is 22.6. The van der Waals surface area contributed by atoms with Gasteiger partial charge >= 0.3 is 5.97 Å². The number of ketones is 1. The molecule has 0 aliphatic rings. The van der Waals surface area contributed by atoms with Crippen molar-refractivity contribution in [1.29, 1.82) is 0 Å². The van der Waals surface area contributed by atoms with Gasteiger partial charge in [-0.05, 0) is 29.3 Å². The maximum atomic E-state index is 13.5. The first-order chi connectivity index (χ1) is 13.5. The van der Waals surface area contributed by atoms with Gasteiger partial charge in [0.05, 0.1) is 12.1 Å². The Morgan fingerprint density at radius 3 is 2.39 bits per heavy atom. The van der Waals surface area contributed by atoms with Crippen molar-refractivity contribution < 1.29 is 14.7 Å². The highest BCUT2D eigenvalue weighted by Crippen LogP contribution is 2.31. The Hall–Kier alpha value is -3.18. The molecule has 0 aliphatic heterocycles. The lowest BCUT2D eigenvalue weighted by molar-refractivity contribution is -0.136. The van der Waals surface area contributed by atoms with Crippen LogP contribution in [-0.4, -0.2) is 21.8 Å². The lowest BCUT2D eigenvalue weighted by Crippen LogP contribution is -2.10. The van der Waals surface area contributed by atoms with Crippen molar-refractivity contribution in [3.63, 3.8) is 0 Å². The maximum Gasteiger partial charge on any atom is 0.307 e. The second-order valence-electron chi connectivity index (χ2n) is 6.48. The van der Waals surface area contributed by atoms with Gasteiger partial charge in [0.2, 0.25) is 5.78 Å². The number of aromatic nitrogens is 1. The van der Waals surface area contributed by atoms with Crippen molar-refractivity contribution in [3.05, 3.63) is 94.1 Å². The fourth-order valence-electron chi connectivity index (χ4n) is 3.43. The van der Waals surface area contributed by atoms with Crippen molar-refractivity contribution in [2.24, 2.45) is 0 Å². The van der Waals surface area contributed by atoms with E-state index < -0.39 is 5.97 Å². The normalized spacial score (nSPS) is 10.9. The molecule has 0 saturated heterocycles. The fourth-order valence-corrected chi connectivity index (χ4v) is 3.79. The number of hydrogen-bond acceptors (Lipinski definition) is 2. The molecule has 0 radical (unpaired) electrons. The van der Waals surface area contributed by atoms with E-state index in [0.29, 0.717) is 16.8 Å². The van der Waals surface area contributed by atoms with E-state index in [4.69, 9.17) is 0 Å². The summed E-state index contributed by atoms with van der Waals surface area (Å²) >= 11 is 3.42. The second kappa shape index (κ2) is 7.44. The number of benzene rings is 3. The fraction of sp³-hybridized carbons (Fsp3) is 0.0435. The van der Waals surface area contributed by atoms with Gasteiger partial charge in [-0.3, -0.25) is 9.59 Å². The van der Waals surface area contributed by atoms with Crippen molar-refractivity contribution in [2.45, 2.75) is 6.42 Å². The number of carboxylic acids is 1. The zero-order valence-electron chi connectivity index (χ0n) is 14.8. The summed E-state index contributed by atoms with van der Waals surface area (Å²) in [4.78, 5) is 28.1. The van der Waals surface area contributed by atoms with Crippen LogP contribution >= 0.6 is 15.9 Å². The average Bonchev–Trinajstić information content (AvgIpc) is 3.05. The molecule has 4 nitrogen and oxygen atoms in total. The number of nitrogens with one attached hydrogen (secondary N) is 1. The zero-order chi connectivity index (χ0) is 19.7. The molecule has 1 heterocycles. The van der Waals surface area contributed by atoms with Gasteiger partial charge in [0.15, 0.2) is 0 Å². The van der Waals surface area contributed by atoms with Crippen LogP contribution in [0.2, 0.25) is 0 Å². The molecule has 0 fully saturated rings. The molecule has 0 saturated carbocycles. The average molecular weight is 434 g/mol. The second-order valence-corrected chi connectivity index (χ2v) is 7.40. The van der Waals surface area contributed by atoms with E-state index in [0.717, 1.165) is 26.5 Å². The largest absolute Gasteiger partial charge is 0.481 e. The third kappa shape index (κ3) is 3.37. The van der Waals surface area contributed by atoms with E-state index in [9.17, 15) is 14.7 Å². The number of H-pyrrole nitrogens is 1. The van der Waals surface area contributed by atoms with Gasteiger partial charge in [-0.1, -0.05) is 70.5 Å². The molecule has 0 bridgehead atoms. The van der Waals surface area contributed by atoms with Crippen molar-refractivity contribution in [3.8, 4) is 11.1 Å². The summed E-state index contributed by atoms with van der Waals surface area (Å²) in [5.74, 6) is -1.20. The number of hydrogen-bond donors (Lipinski definition) is 2. The molecular weight excluding hydrogens is 418 g/mol. The van der Waals surface area contributed by atoms with Crippen molar-refractivity contribution in [2.75, 3.05) is 0 Å². The Kier molecular flexibility index (Phi) is 4.84. The molecule has 0 unspecified atom stereocenters. The Labute approximate surface area is 170 Å². The first-order valence-corrected chi connectivity index (χ1v) is 9.55. The minimum atomic E-state index is -0.980. The van der Waals surface area contributed by atoms with Crippen molar-refractivity contribution >= 4 is 38.6 Å². The first kappa shape index (κ1) is 18.2. The summed E-state index contributed by atoms with van der Waals surface area (Å²) in [7, 11) is 0. The molecule has 0 amide bonds. The Bertz CT molecular complexity index is 1200. The maximum absolute atomic E-state index is 13.5. The number of halogens is 1. The highest BCUT2D eigenvalue weighted by atomic mass is 79.9. The smallest absolute Gasteiger partial charge is 0.307 e. The summed E-state index contributed by atoms with van der Waals surface area (Å²) in [6.07, 6.45) is -0.231. The van der Waals surface area contributed by atoms with E-state index in [-0.39, 0.29) is 12.2 Å². The summed E-state index contributed by atoms with van der Waals surface area (Å²) < 4.78 is 0.828. The lowest BCUT2D eigenvalue weighted by Gasteiger charge is -2.09. The van der Waals surface area contributed by atoms with E-state index in [1.54, 1.807) is 6.07 Å². The monoisotopic (exact) mass is 433 g/mol. The summed E-state index contributed by atoms with van der Waals surface area (Å²) in [5.41, 5.74) is 3.83. The van der Waals surface area contributed by atoms with Crippen LogP contribution < -0.4 is 0 Å². The number of carboxylic acid groups (broad SMARTS) is 1. The van der Waals surface area contributed by atoms with Gasteiger partial charge in [0, 0.05) is 26.5 Å². The standard InChI is InChI=1S/C23H16BrNO3/c24-15-10-11-20-18(12-15)19(13-21(26)27)22(25-20)23(28)17-9-5-4-8-16(17)14-6-2-1-3-7-14/h1-12,25H,13H2,(H,26,27). The van der Waals surface area contributed by atoms with Gasteiger partial charge in [-0.25, -0.2) is 0 Å². The predicted octanol–water partition coefficient (Wildman–Crippen LogP) is 5.46. The number of aliphatic carboxylic acids is 1. The summed E-state index contributed by atoms with van der Waals surface area (Å²) in [6.45, 7) is 0. The first-order valence-electron chi connectivity index (χ1n) is 8.75. The molecule has 28 heavy (non-hydrogen) atoms. The zero-order valence-corrected chi connectivity index (χ0v) is 16.4. The molecule has 0 atom stereocenters. The molecule has 138 valence electrons. The molecule has 4 rings (SSSR count). The summed E-state index contributed by atoms with van der Waals surface area (Å²) in [5, 5.41) is 10.1. The Morgan fingerprint density at radius 2 is 1.64 bits per heavy atom. The van der Waals surface area contributed by atoms with Crippen LogP contribution in [0.15, 0.2) is 77.3 Å². The van der Waals surface area contributed by atoms with Crippen LogP contribution in [-0.2, 0) is 11.2 Å². The quantitative estimate of drug-likeness (QED) is 0.410. The molecule has 2 N–H and O–H groups in total. The van der Waals surface area contributed by atoms with Gasteiger partial charge in [0.1, 0.15) is 0 Å². The van der Waals surface area contributed by atoms with Crippen molar-refractivity contribution in [1.82, 2.24) is 4.98 Å². The van der Waals surface area contributed by atoms with Crippen LogP contribution in [0.5, 0.6) is 0 Å². The number of fused-ring (bicyclic) bond motifs is 1. The predicted molar refractivity (Wildman–Crippen MR) is 113 cm³/mol. The minimum absolute atomic E-state index is 0.219. The molecule has 3 aromatic carbocycles. The Morgan fingerprint density at radius 1 is 0.929 bits per heavy atom. The van der Waals surface area contributed by atoms with E-state index in [2.05, 4.69) is 20.9 Å². The number of carbonyl (C=O) groups is 2. The molecule has 4 aromatic rings. The molecule has 0 aliphatic carbocycles. The van der Waals surface area contributed by atoms with Gasteiger partial charge < -0.3 is 10.1 Å². The van der Waals surface area contributed by atoms with Crippen LogP contribution in [0.1, 0.15) is 21.6 Å². The highest BCUT2D eigenvalue weighted by Gasteiger charge is 2.23. The van der Waals surface area contributed by atoms with Gasteiger partial charge in [-0.2, -0.15) is 0 Å². The van der Waals surface area contributed by atoms with Crippen LogP contribution in [0.3, 0.4) is 0 Å².